The number of anilines is 2. The van der Waals surface area contributed by atoms with Gasteiger partial charge in [0.15, 0.2) is 0 Å². The van der Waals surface area contributed by atoms with E-state index in [2.05, 4.69) is 15.6 Å². The minimum absolute atomic E-state index is 0.142. The lowest BCUT2D eigenvalue weighted by molar-refractivity contribution is 0.0949. The number of aromatic nitrogens is 1. The molecular weight excluding hydrogens is 390 g/mol. The lowest BCUT2D eigenvalue weighted by Gasteiger charge is -2.12. The van der Waals surface area contributed by atoms with E-state index < -0.39 is 0 Å². The maximum atomic E-state index is 12.5. The second kappa shape index (κ2) is 9.86. The zero-order valence-corrected chi connectivity index (χ0v) is 18.0. The fourth-order valence-electron chi connectivity index (χ4n) is 3.08. The molecular formula is C24H27N5O2. The minimum atomic E-state index is -0.237. The van der Waals surface area contributed by atoms with Crippen LogP contribution in [0.4, 0.5) is 11.4 Å². The van der Waals surface area contributed by atoms with E-state index in [1.165, 1.54) is 0 Å². The molecule has 0 bridgehead atoms. The average molecular weight is 418 g/mol. The summed E-state index contributed by atoms with van der Waals surface area (Å²) in [6, 6.07) is 16.1. The number of carbonyl (C=O) groups is 2. The molecule has 2 amide bonds. The Hall–Kier alpha value is -3.71. The predicted octanol–water partition coefficient (Wildman–Crippen LogP) is 3.18. The average Bonchev–Trinajstić information content (AvgIpc) is 2.75. The third-order valence-electron chi connectivity index (χ3n) is 4.81. The monoisotopic (exact) mass is 417 g/mol. The summed E-state index contributed by atoms with van der Waals surface area (Å²) in [6.45, 7) is 3.26. The number of rotatable bonds is 7. The highest BCUT2D eigenvalue weighted by atomic mass is 16.2. The molecule has 7 heteroatoms. The molecule has 1 aromatic heterocycles. The van der Waals surface area contributed by atoms with Crippen LogP contribution in [0.2, 0.25) is 0 Å². The van der Waals surface area contributed by atoms with E-state index in [0.717, 1.165) is 23.4 Å². The molecule has 3 aromatic rings. The predicted molar refractivity (Wildman–Crippen MR) is 124 cm³/mol. The Morgan fingerprint density at radius 3 is 2.35 bits per heavy atom. The number of amides is 2. The number of aryl methyl sites for hydroxylation is 1. The zero-order valence-electron chi connectivity index (χ0n) is 18.0. The Morgan fingerprint density at radius 1 is 1.00 bits per heavy atom. The number of pyridine rings is 1. The van der Waals surface area contributed by atoms with E-state index in [4.69, 9.17) is 5.73 Å². The lowest BCUT2D eigenvalue weighted by atomic mass is 10.0. The molecule has 0 saturated heterocycles. The maximum absolute atomic E-state index is 12.5. The van der Waals surface area contributed by atoms with Gasteiger partial charge in [-0.2, -0.15) is 0 Å². The first-order valence-electron chi connectivity index (χ1n) is 10.0. The quantitative estimate of drug-likeness (QED) is 0.513. The van der Waals surface area contributed by atoms with Crippen LogP contribution in [0.15, 0.2) is 60.8 Å². The summed E-state index contributed by atoms with van der Waals surface area (Å²) in [5.74, 6) is -0.380. The molecule has 0 fully saturated rings. The molecule has 0 unspecified atom stereocenters. The summed E-state index contributed by atoms with van der Waals surface area (Å²) in [7, 11) is 3.91. The van der Waals surface area contributed by atoms with Crippen molar-refractivity contribution in [1.82, 2.24) is 15.2 Å². The van der Waals surface area contributed by atoms with Crippen LogP contribution in [0.25, 0.3) is 11.3 Å². The van der Waals surface area contributed by atoms with Gasteiger partial charge in [-0.05, 0) is 56.9 Å². The molecule has 31 heavy (non-hydrogen) atoms. The topological polar surface area (TPSA) is 100 Å². The van der Waals surface area contributed by atoms with Crippen LogP contribution in [-0.2, 0) is 0 Å². The number of carbonyl (C=O) groups excluding carboxylic acids is 2. The number of nitrogens with zero attached hydrogens (tertiary/aromatic N) is 2. The normalized spacial score (nSPS) is 10.7. The fraction of sp³-hybridized carbons (Fsp3) is 0.208. The van der Waals surface area contributed by atoms with Crippen LogP contribution < -0.4 is 16.4 Å². The number of benzene rings is 2. The van der Waals surface area contributed by atoms with Crippen molar-refractivity contribution in [2.24, 2.45) is 0 Å². The van der Waals surface area contributed by atoms with Gasteiger partial charge in [-0.1, -0.05) is 24.3 Å². The number of nitrogen functional groups attached to an aromatic ring is 1. The number of nitrogens with two attached hydrogens (primary N) is 1. The van der Waals surface area contributed by atoms with E-state index >= 15 is 0 Å². The molecule has 2 aromatic carbocycles. The summed E-state index contributed by atoms with van der Waals surface area (Å²) >= 11 is 0. The number of nitrogens with one attached hydrogen (secondary N) is 2. The van der Waals surface area contributed by atoms with E-state index in [0.29, 0.717) is 29.0 Å². The van der Waals surface area contributed by atoms with E-state index in [9.17, 15) is 9.59 Å². The maximum Gasteiger partial charge on any atom is 0.255 e. The van der Waals surface area contributed by atoms with Gasteiger partial charge in [0.05, 0.1) is 22.6 Å². The van der Waals surface area contributed by atoms with Crippen molar-refractivity contribution in [1.29, 1.82) is 0 Å². The Balaban J connectivity index is 1.70. The molecule has 3 rings (SSSR count). The van der Waals surface area contributed by atoms with E-state index in [1.54, 1.807) is 30.5 Å². The van der Waals surface area contributed by atoms with E-state index in [1.807, 2.05) is 56.3 Å². The van der Waals surface area contributed by atoms with Gasteiger partial charge in [0, 0.05) is 30.4 Å². The van der Waals surface area contributed by atoms with Crippen LogP contribution in [0.5, 0.6) is 0 Å². The van der Waals surface area contributed by atoms with Crippen molar-refractivity contribution in [3.05, 3.63) is 77.5 Å². The number of likely N-dealkylation sites (N-methyl/N-ethyl adjacent to an activating group) is 1. The molecule has 0 aliphatic heterocycles. The Morgan fingerprint density at radius 2 is 1.71 bits per heavy atom. The highest BCUT2D eigenvalue weighted by Gasteiger charge is 2.12. The first-order valence-corrected chi connectivity index (χ1v) is 10.0. The second-order valence-electron chi connectivity index (χ2n) is 7.57. The Kier molecular flexibility index (Phi) is 6.99. The fourth-order valence-corrected chi connectivity index (χ4v) is 3.08. The van der Waals surface area contributed by atoms with Crippen LogP contribution in [0, 0.1) is 6.92 Å². The van der Waals surface area contributed by atoms with Crippen molar-refractivity contribution in [2.45, 2.75) is 6.92 Å². The summed E-state index contributed by atoms with van der Waals surface area (Å²) in [5, 5.41) is 5.70. The molecule has 0 aliphatic carbocycles. The first kappa shape index (κ1) is 22.0. The van der Waals surface area contributed by atoms with Gasteiger partial charge in [-0.25, -0.2) is 0 Å². The van der Waals surface area contributed by atoms with Gasteiger partial charge in [-0.15, -0.1) is 0 Å². The largest absolute Gasteiger partial charge is 0.397 e. The summed E-state index contributed by atoms with van der Waals surface area (Å²) < 4.78 is 0. The van der Waals surface area contributed by atoms with Gasteiger partial charge < -0.3 is 21.3 Å². The molecule has 0 spiro atoms. The van der Waals surface area contributed by atoms with Gasteiger partial charge in [0.25, 0.3) is 11.8 Å². The smallest absolute Gasteiger partial charge is 0.255 e. The lowest BCUT2D eigenvalue weighted by Crippen LogP contribution is -2.31. The van der Waals surface area contributed by atoms with Gasteiger partial charge >= 0.3 is 0 Å². The van der Waals surface area contributed by atoms with Crippen LogP contribution >= 0.6 is 0 Å². The second-order valence-corrected chi connectivity index (χ2v) is 7.57. The van der Waals surface area contributed by atoms with Gasteiger partial charge in [0.1, 0.15) is 0 Å². The van der Waals surface area contributed by atoms with Crippen molar-refractivity contribution in [3.8, 4) is 11.3 Å². The number of hydrogen-bond acceptors (Lipinski definition) is 5. The van der Waals surface area contributed by atoms with Gasteiger partial charge in [-0.3, -0.25) is 14.6 Å². The van der Waals surface area contributed by atoms with Crippen molar-refractivity contribution >= 4 is 23.2 Å². The van der Waals surface area contributed by atoms with Crippen molar-refractivity contribution < 1.29 is 9.59 Å². The van der Waals surface area contributed by atoms with E-state index in [-0.39, 0.29) is 11.8 Å². The van der Waals surface area contributed by atoms with Crippen LogP contribution in [0.1, 0.15) is 26.3 Å². The summed E-state index contributed by atoms with van der Waals surface area (Å²) in [4.78, 5) is 31.3. The zero-order chi connectivity index (χ0) is 22.4. The molecule has 0 atom stereocenters. The molecule has 7 nitrogen and oxygen atoms in total. The SMILES string of the molecule is Cc1cc(C(=O)NCCN(C)C)cnc1-c1ccc(C(=O)Nc2ccccc2N)cc1. The summed E-state index contributed by atoms with van der Waals surface area (Å²) in [5.41, 5.74) is 10.5. The third kappa shape index (κ3) is 5.67. The number of para-hydroxylation sites is 2. The minimum Gasteiger partial charge on any atom is -0.397 e. The highest BCUT2D eigenvalue weighted by Crippen LogP contribution is 2.23. The molecule has 4 N–H and O–H groups in total. The summed E-state index contributed by atoms with van der Waals surface area (Å²) in [6.07, 6.45) is 1.58. The molecule has 0 saturated carbocycles. The van der Waals surface area contributed by atoms with Crippen LogP contribution in [-0.4, -0.2) is 48.9 Å². The number of hydrogen-bond donors (Lipinski definition) is 3. The molecule has 0 radical (unpaired) electrons. The van der Waals surface area contributed by atoms with Crippen molar-refractivity contribution in [3.63, 3.8) is 0 Å². The standard InChI is InChI=1S/C24H27N5O2/c1-16-14-19(23(30)26-12-13-29(2)3)15-27-22(16)17-8-10-18(11-9-17)24(31)28-21-7-5-4-6-20(21)25/h4-11,14-15H,12-13,25H2,1-3H3,(H,26,30)(H,28,31). The molecule has 0 aliphatic rings. The third-order valence-corrected chi connectivity index (χ3v) is 4.81. The van der Waals surface area contributed by atoms with Crippen molar-refractivity contribution in [2.75, 3.05) is 38.2 Å². The molecule has 160 valence electrons. The Labute approximate surface area is 182 Å². The van der Waals surface area contributed by atoms with Crippen LogP contribution in [0.3, 0.4) is 0 Å². The highest BCUT2D eigenvalue weighted by molar-refractivity contribution is 6.06. The molecule has 1 heterocycles. The first-order chi connectivity index (χ1) is 14.8. The van der Waals surface area contributed by atoms with Gasteiger partial charge in [0.2, 0.25) is 0 Å². The Bertz CT molecular complexity index is 1080.